The minimum absolute atomic E-state index is 0.00923. The number of fused-ring (bicyclic) bond motifs is 7. The van der Waals surface area contributed by atoms with Gasteiger partial charge in [-0.1, -0.05) is 60.1 Å². The number of pyridine rings is 1. The third-order valence-corrected chi connectivity index (χ3v) is 16.2. The number of aliphatic hydroxyl groups excluding tert-OH is 1. The summed E-state index contributed by atoms with van der Waals surface area (Å²) in [6.45, 7) is 20.9. The molecule has 0 amide bonds. The topological polar surface area (TPSA) is 117 Å². The van der Waals surface area contributed by atoms with Crippen molar-refractivity contribution in [1.82, 2.24) is 9.88 Å². The molecule has 8 nitrogen and oxygen atoms in total. The lowest BCUT2D eigenvalue weighted by atomic mass is 9.33. The van der Waals surface area contributed by atoms with Gasteiger partial charge in [0.15, 0.2) is 5.78 Å². The van der Waals surface area contributed by atoms with Crippen molar-refractivity contribution >= 4 is 17.7 Å². The van der Waals surface area contributed by atoms with Gasteiger partial charge >= 0.3 is 11.9 Å². The lowest BCUT2D eigenvalue weighted by Gasteiger charge is -2.72. The van der Waals surface area contributed by atoms with Gasteiger partial charge in [-0.3, -0.25) is 24.3 Å². The van der Waals surface area contributed by atoms with E-state index in [0.717, 1.165) is 62.5 Å². The first kappa shape index (κ1) is 39.1. The minimum atomic E-state index is -1.16. The van der Waals surface area contributed by atoms with Crippen LogP contribution in [0.25, 0.3) is 0 Å². The van der Waals surface area contributed by atoms with Crippen LogP contribution in [0.5, 0.6) is 0 Å². The molecular formula is C44H66N2O6. The van der Waals surface area contributed by atoms with Crippen LogP contribution in [-0.2, 0) is 25.7 Å². The Hall–Kier alpha value is -2.58. The number of aliphatic carboxylic acids is 1. The third kappa shape index (κ3) is 6.01. The number of ether oxygens (including phenoxy) is 1. The average molecular weight is 719 g/mol. The molecular weight excluding hydrogens is 652 g/mol. The van der Waals surface area contributed by atoms with E-state index in [2.05, 4.69) is 71.5 Å². The summed E-state index contributed by atoms with van der Waals surface area (Å²) in [5.74, 6) is 0.0716. The summed E-state index contributed by atoms with van der Waals surface area (Å²) >= 11 is 0. The number of likely N-dealkylation sites (N-methyl/N-ethyl adjacent to an activating group) is 1. The number of carboxylic acid groups (broad SMARTS) is 1. The van der Waals surface area contributed by atoms with E-state index in [1.165, 1.54) is 5.57 Å². The van der Waals surface area contributed by atoms with Gasteiger partial charge in [-0.05, 0) is 129 Å². The van der Waals surface area contributed by atoms with Crippen molar-refractivity contribution in [2.24, 2.45) is 56.2 Å². The Bertz CT molecular complexity index is 1600. The van der Waals surface area contributed by atoms with Gasteiger partial charge in [0.05, 0.1) is 17.9 Å². The number of Topliss-reactive ketones (excluding diaryl/α,β-unsaturated/α-hetero) is 1. The summed E-state index contributed by atoms with van der Waals surface area (Å²) in [6.07, 6.45) is 10.9. The van der Waals surface area contributed by atoms with Gasteiger partial charge in [-0.25, -0.2) is 0 Å². The molecule has 0 aromatic carbocycles. The number of hydrogen-bond donors (Lipinski definition) is 2. The van der Waals surface area contributed by atoms with Crippen molar-refractivity contribution in [3.8, 4) is 0 Å². The van der Waals surface area contributed by atoms with Crippen molar-refractivity contribution in [3.05, 3.63) is 41.2 Å². The van der Waals surface area contributed by atoms with Gasteiger partial charge in [0.2, 0.25) is 0 Å². The Kier molecular flexibility index (Phi) is 10.0. The zero-order valence-electron chi connectivity index (χ0n) is 33.7. The quantitative estimate of drug-likeness (QED) is 0.232. The van der Waals surface area contributed by atoms with E-state index in [-0.39, 0.29) is 51.8 Å². The molecule has 8 heteroatoms. The number of nitrogens with zero attached hydrogens (tertiary/aromatic N) is 2. The van der Waals surface area contributed by atoms with Gasteiger partial charge in [-0.15, -0.1) is 0 Å². The molecule has 5 aliphatic carbocycles. The highest BCUT2D eigenvalue weighted by atomic mass is 16.5. The molecule has 0 spiro atoms. The van der Waals surface area contributed by atoms with Crippen LogP contribution >= 0.6 is 0 Å². The largest absolute Gasteiger partial charge is 0.481 e. The molecule has 4 fully saturated rings. The first-order chi connectivity index (χ1) is 24.1. The van der Waals surface area contributed by atoms with Crippen LogP contribution in [0, 0.1) is 56.2 Å². The van der Waals surface area contributed by atoms with Crippen molar-refractivity contribution < 1.29 is 29.3 Å². The summed E-state index contributed by atoms with van der Waals surface area (Å²) in [5, 5.41) is 21.9. The number of aromatic nitrogens is 1. The maximum absolute atomic E-state index is 14.1. The van der Waals surface area contributed by atoms with E-state index in [1.54, 1.807) is 20.0 Å². The molecule has 0 aliphatic heterocycles. The van der Waals surface area contributed by atoms with Gasteiger partial charge in [0.1, 0.15) is 6.10 Å². The number of ketones is 1. The highest BCUT2D eigenvalue weighted by Crippen LogP contribution is 2.77. The molecule has 52 heavy (non-hydrogen) atoms. The molecule has 0 radical (unpaired) electrons. The second-order valence-electron chi connectivity index (χ2n) is 20.1. The number of hydrogen-bond acceptors (Lipinski definition) is 7. The predicted molar refractivity (Wildman–Crippen MR) is 202 cm³/mol. The first-order valence-electron chi connectivity index (χ1n) is 20.1. The number of carbonyl (C=O) groups excluding carboxylic acids is 2. The van der Waals surface area contributed by atoms with Gasteiger partial charge in [0.25, 0.3) is 0 Å². The lowest BCUT2D eigenvalue weighted by Crippen LogP contribution is -2.66. The number of allylic oxidation sites excluding steroid dienone is 1. The van der Waals surface area contributed by atoms with Crippen molar-refractivity contribution in [2.45, 2.75) is 145 Å². The monoisotopic (exact) mass is 718 g/mol. The van der Waals surface area contributed by atoms with E-state index < -0.39 is 28.9 Å². The van der Waals surface area contributed by atoms with Crippen LogP contribution in [0.3, 0.4) is 0 Å². The zero-order valence-corrected chi connectivity index (χ0v) is 33.7. The van der Waals surface area contributed by atoms with E-state index in [9.17, 15) is 24.6 Å². The Morgan fingerprint density at radius 3 is 2.35 bits per heavy atom. The summed E-state index contributed by atoms with van der Waals surface area (Å²) < 4.78 is 6.17. The van der Waals surface area contributed by atoms with E-state index in [4.69, 9.17) is 4.74 Å². The van der Waals surface area contributed by atoms with Crippen molar-refractivity contribution in [3.63, 3.8) is 0 Å². The van der Waals surface area contributed by atoms with Crippen molar-refractivity contribution in [2.75, 3.05) is 13.6 Å². The van der Waals surface area contributed by atoms with Gasteiger partial charge in [0, 0.05) is 42.7 Å². The summed E-state index contributed by atoms with van der Waals surface area (Å²) in [7, 11) is 2.06. The molecule has 1 heterocycles. The highest BCUT2D eigenvalue weighted by Gasteiger charge is 2.70. The highest BCUT2D eigenvalue weighted by molar-refractivity contribution is 6.00. The lowest BCUT2D eigenvalue weighted by molar-refractivity contribution is -0.235. The Labute approximate surface area is 312 Å². The zero-order chi connectivity index (χ0) is 38.2. The summed E-state index contributed by atoms with van der Waals surface area (Å²) in [5.41, 5.74) is 1.60. The van der Waals surface area contributed by atoms with E-state index in [0.29, 0.717) is 31.3 Å². The maximum Gasteiger partial charge on any atom is 0.309 e. The Morgan fingerprint density at radius 1 is 1.00 bits per heavy atom. The van der Waals surface area contributed by atoms with Crippen LogP contribution in [0.4, 0.5) is 0 Å². The Balaban J connectivity index is 1.27. The van der Waals surface area contributed by atoms with E-state index in [1.807, 2.05) is 12.3 Å². The van der Waals surface area contributed by atoms with Crippen LogP contribution in [-0.4, -0.2) is 63.6 Å². The molecule has 6 rings (SSSR count). The van der Waals surface area contributed by atoms with Gasteiger partial charge < -0.3 is 14.9 Å². The molecule has 2 N–H and O–H groups in total. The van der Waals surface area contributed by atoms with Crippen LogP contribution in [0.2, 0.25) is 0 Å². The standard InChI is InChI=1S/C44H66N2O6/c1-27(2)36-30(47)22-44(33(48)26-46(10)25-28-12-11-21-45-24-28)20-19-42(8)29(37(36)44)13-14-32-41(7)17-16-34(52-35(49)23-39(3,4)38(50)51)40(5,6)31(41)15-18-43(32,42)9/h11-12,21,24,27,29,31-34,48H,13-20,22-23,25-26H2,1-10H3,(H,50,51)/t29-,31+,32-,33+,34+,41+,42-,43-,44+/m1/s1. The first-order valence-corrected chi connectivity index (χ1v) is 20.1. The number of rotatable bonds is 10. The van der Waals surface area contributed by atoms with Crippen LogP contribution in [0.1, 0.15) is 132 Å². The SMILES string of the molecule is CC(C)C1=C2[C@H]3CC[C@@H]4[C@@]5(C)CC[C@H](OC(=O)CC(C)(C)C(=O)O)C(C)(C)[C@@H]5CC[C@@]4(C)[C@]3(C)CC[C@@]2([C@@H](O)CN(C)Cc2cccnc2)CC1=O. The normalized spacial score (nSPS) is 37.6. The van der Waals surface area contributed by atoms with Crippen LogP contribution < -0.4 is 0 Å². The smallest absolute Gasteiger partial charge is 0.309 e. The molecule has 5 aliphatic rings. The number of esters is 1. The molecule has 0 unspecified atom stereocenters. The molecule has 1 aromatic rings. The molecule has 9 atom stereocenters. The predicted octanol–water partition coefficient (Wildman–Crippen LogP) is 8.27. The number of carboxylic acids is 1. The average Bonchev–Trinajstić information content (AvgIpc) is 3.36. The maximum atomic E-state index is 14.1. The van der Waals surface area contributed by atoms with Gasteiger partial charge in [-0.2, -0.15) is 0 Å². The molecule has 0 saturated heterocycles. The minimum Gasteiger partial charge on any atom is -0.481 e. The molecule has 4 saturated carbocycles. The fraction of sp³-hybridized carbons (Fsp3) is 0.773. The molecule has 288 valence electrons. The van der Waals surface area contributed by atoms with E-state index >= 15 is 0 Å². The second-order valence-corrected chi connectivity index (χ2v) is 20.1. The summed E-state index contributed by atoms with van der Waals surface area (Å²) in [6, 6.07) is 4.02. The second kappa shape index (κ2) is 13.3. The molecule has 0 bridgehead atoms. The number of carbonyl (C=O) groups is 3. The third-order valence-electron chi connectivity index (χ3n) is 16.2. The molecule has 1 aromatic heterocycles. The van der Waals surface area contributed by atoms with Crippen molar-refractivity contribution in [1.29, 1.82) is 0 Å². The Morgan fingerprint density at radius 2 is 1.71 bits per heavy atom. The fourth-order valence-electron chi connectivity index (χ4n) is 13.3. The fourth-order valence-corrected chi connectivity index (χ4v) is 13.3. The number of aliphatic hydroxyl groups is 1. The van der Waals surface area contributed by atoms with Crippen LogP contribution in [0.15, 0.2) is 35.7 Å². The summed E-state index contributed by atoms with van der Waals surface area (Å²) in [4.78, 5) is 45.4.